The number of hydrogen-bond donors (Lipinski definition) is 1. The molecule has 0 atom stereocenters. The topological polar surface area (TPSA) is 76.6 Å². The van der Waals surface area contributed by atoms with Crippen molar-refractivity contribution in [3.05, 3.63) is 24.2 Å². The lowest BCUT2D eigenvalue weighted by Crippen LogP contribution is -2.40. The van der Waals surface area contributed by atoms with Crippen molar-refractivity contribution < 1.29 is 14.3 Å². The number of piperidine rings is 1. The first-order valence-electron chi connectivity index (χ1n) is 14.2. The molecule has 0 spiro atoms. The van der Waals surface area contributed by atoms with E-state index < -0.39 is 0 Å². The van der Waals surface area contributed by atoms with Gasteiger partial charge in [0.1, 0.15) is 0 Å². The molecule has 7 heteroatoms. The Hall–Kier alpha value is -2.59. The minimum absolute atomic E-state index is 0.0780. The first kappa shape index (κ1) is 38.9. The largest absolute Gasteiger partial charge is 0.476 e. The summed E-state index contributed by atoms with van der Waals surface area (Å²) in [6.07, 6.45) is 17.4. The van der Waals surface area contributed by atoms with Gasteiger partial charge in [0, 0.05) is 19.6 Å². The summed E-state index contributed by atoms with van der Waals surface area (Å²) in [5, 5.41) is 3.29. The second kappa shape index (κ2) is 28.0. The predicted octanol–water partition coefficient (Wildman–Crippen LogP) is 7.23. The van der Waals surface area contributed by atoms with Crippen LogP contribution in [0.2, 0.25) is 0 Å². The highest BCUT2D eigenvalue weighted by Crippen LogP contribution is 2.21. The van der Waals surface area contributed by atoms with Crippen molar-refractivity contribution in [2.75, 3.05) is 32.8 Å². The van der Waals surface area contributed by atoms with Crippen molar-refractivity contribution in [3.63, 3.8) is 0 Å². The van der Waals surface area contributed by atoms with Gasteiger partial charge < -0.3 is 19.7 Å². The van der Waals surface area contributed by atoms with Crippen LogP contribution in [-0.4, -0.2) is 59.9 Å². The summed E-state index contributed by atoms with van der Waals surface area (Å²) in [5.41, 5.74) is 2.17. The van der Waals surface area contributed by atoms with Crippen molar-refractivity contribution in [1.82, 2.24) is 20.2 Å². The third-order valence-electron chi connectivity index (χ3n) is 4.70. The van der Waals surface area contributed by atoms with E-state index in [0.29, 0.717) is 31.5 Å². The third-order valence-corrected chi connectivity index (χ3v) is 4.70. The summed E-state index contributed by atoms with van der Waals surface area (Å²) < 4.78 is 11.1. The van der Waals surface area contributed by atoms with Gasteiger partial charge in [-0.1, -0.05) is 67.9 Å². The molecule has 3 heterocycles. The van der Waals surface area contributed by atoms with Crippen LogP contribution in [-0.2, 0) is 4.74 Å². The Morgan fingerprint density at radius 2 is 1.62 bits per heavy atom. The summed E-state index contributed by atoms with van der Waals surface area (Å²) in [6, 6.07) is 0. The van der Waals surface area contributed by atoms with E-state index >= 15 is 0 Å². The van der Waals surface area contributed by atoms with E-state index in [1.54, 1.807) is 17.3 Å². The molecule has 1 aromatic rings. The zero-order valence-corrected chi connectivity index (χ0v) is 25.5. The second-order valence-electron chi connectivity index (χ2n) is 7.80. The first-order chi connectivity index (χ1) is 18.0. The zero-order valence-electron chi connectivity index (χ0n) is 25.5. The smallest absolute Gasteiger partial charge is 0.410 e. The van der Waals surface area contributed by atoms with E-state index in [4.69, 9.17) is 9.47 Å². The molecule has 0 radical (unpaired) electrons. The number of likely N-dealkylation sites (tertiary alicyclic amines) is 1. The molecule has 1 aromatic heterocycles. The second-order valence-corrected chi connectivity index (χ2v) is 7.80. The summed E-state index contributed by atoms with van der Waals surface area (Å²) >= 11 is 0. The van der Waals surface area contributed by atoms with Gasteiger partial charge in [-0.05, 0) is 51.1 Å². The van der Waals surface area contributed by atoms with Crippen LogP contribution in [0.1, 0.15) is 101 Å². The van der Waals surface area contributed by atoms with Crippen molar-refractivity contribution >= 4 is 11.7 Å². The lowest BCUT2D eigenvalue weighted by molar-refractivity contribution is 0.0606. The fraction of sp³-hybridized carbons (Fsp3) is 0.700. The molecule has 37 heavy (non-hydrogen) atoms. The van der Waals surface area contributed by atoms with Crippen LogP contribution < -0.4 is 10.1 Å². The van der Waals surface area contributed by atoms with Gasteiger partial charge in [-0.3, -0.25) is 0 Å². The van der Waals surface area contributed by atoms with Crippen molar-refractivity contribution in [1.29, 1.82) is 0 Å². The molecule has 2 aliphatic heterocycles. The standard InChI is InChI=1S/C19H28N4O3.C3H8.3C2H6.C2H2/c1-14(2)26-19(24)23-9-5-15(6-10-23)13-25-18-12-21-17(11-22-18)16-3-7-20-8-4-16;1-3-2;4*1-2/h3,11-12,14-15,20H,4-10,13H2,1-2H3;3H2,1-2H3;3*1-2H3;1-2H. The number of rotatable bonds is 5. The summed E-state index contributed by atoms with van der Waals surface area (Å²) in [7, 11) is 0. The number of hydrogen-bond acceptors (Lipinski definition) is 6. The minimum atomic E-state index is -0.215. The van der Waals surface area contributed by atoms with Gasteiger partial charge in [-0.15, -0.1) is 12.8 Å². The number of nitrogens with one attached hydrogen (secondary N) is 1. The maximum atomic E-state index is 11.9. The molecule has 2 aliphatic rings. The molecule has 1 saturated heterocycles. The minimum Gasteiger partial charge on any atom is -0.476 e. The monoisotopic (exact) mass is 520 g/mol. The highest BCUT2D eigenvalue weighted by atomic mass is 16.6. The fourth-order valence-electron chi connectivity index (χ4n) is 3.17. The Kier molecular flexibility index (Phi) is 29.4. The lowest BCUT2D eigenvalue weighted by atomic mass is 9.98. The van der Waals surface area contributed by atoms with E-state index in [-0.39, 0.29) is 12.2 Å². The highest BCUT2D eigenvalue weighted by Gasteiger charge is 2.24. The first-order valence-corrected chi connectivity index (χ1v) is 14.2. The van der Waals surface area contributed by atoms with Crippen LogP contribution >= 0.6 is 0 Å². The zero-order chi connectivity index (χ0) is 29.1. The predicted molar refractivity (Wildman–Crippen MR) is 159 cm³/mol. The molecule has 0 unspecified atom stereocenters. The number of terminal acetylenes is 1. The average molecular weight is 521 g/mol. The summed E-state index contributed by atoms with van der Waals surface area (Å²) in [6.45, 7) is 23.9. The van der Waals surface area contributed by atoms with E-state index in [9.17, 15) is 4.79 Å². The normalized spacial score (nSPS) is 14.1. The van der Waals surface area contributed by atoms with Gasteiger partial charge in [0.2, 0.25) is 5.88 Å². The maximum Gasteiger partial charge on any atom is 0.410 e. The number of ether oxygens (including phenoxy) is 2. The van der Waals surface area contributed by atoms with Crippen molar-refractivity contribution in [3.8, 4) is 18.7 Å². The van der Waals surface area contributed by atoms with Gasteiger partial charge in [-0.2, -0.15) is 0 Å². The molecule has 0 aromatic carbocycles. The van der Waals surface area contributed by atoms with E-state index in [2.05, 4.69) is 48.1 Å². The van der Waals surface area contributed by atoms with Crippen LogP contribution in [0, 0.1) is 18.8 Å². The molecular formula is C30H56N4O3. The lowest BCUT2D eigenvalue weighted by Gasteiger charge is -2.31. The van der Waals surface area contributed by atoms with E-state index in [0.717, 1.165) is 38.0 Å². The van der Waals surface area contributed by atoms with Gasteiger partial charge in [0.15, 0.2) is 0 Å². The quantitative estimate of drug-likeness (QED) is 0.413. The fourth-order valence-corrected chi connectivity index (χ4v) is 3.17. The molecule has 7 nitrogen and oxygen atoms in total. The number of amides is 1. The van der Waals surface area contributed by atoms with E-state index in [1.165, 1.54) is 12.0 Å². The van der Waals surface area contributed by atoms with Crippen LogP contribution in [0.25, 0.3) is 5.57 Å². The molecule has 1 amide bonds. The van der Waals surface area contributed by atoms with Crippen LogP contribution in [0.15, 0.2) is 18.5 Å². The Balaban J connectivity index is -0.000000924. The van der Waals surface area contributed by atoms with Gasteiger partial charge in [0.05, 0.1) is 30.8 Å². The maximum absolute atomic E-state index is 11.9. The summed E-state index contributed by atoms with van der Waals surface area (Å²) in [5.74, 6) is 0.983. The van der Waals surface area contributed by atoms with Gasteiger partial charge in [0.25, 0.3) is 0 Å². The average Bonchev–Trinajstić information content (AvgIpc) is 2.97. The number of aromatic nitrogens is 2. The molecule has 0 saturated carbocycles. The van der Waals surface area contributed by atoms with Gasteiger partial charge in [-0.25, -0.2) is 14.8 Å². The number of carbonyl (C=O) groups is 1. The summed E-state index contributed by atoms with van der Waals surface area (Å²) in [4.78, 5) is 22.5. The Morgan fingerprint density at radius 3 is 2.05 bits per heavy atom. The Morgan fingerprint density at radius 1 is 1.05 bits per heavy atom. The van der Waals surface area contributed by atoms with Crippen molar-refractivity contribution in [2.24, 2.45) is 5.92 Å². The SMILES string of the molecule is C#C.CC.CC.CC.CC(C)OC(=O)N1CCC(COc2cnc(C3=CCNCC3)cn2)CC1.CCC. The highest BCUT2D eigenvalue weighted by molar-refractivity contribution is 5.67. The van der Waals surface area contributed by atoms with Crippen LogP contribution in [0.3, 0.4) is 0 Å². The van der Waals surface area contributed by atoms with E-state index in [1.807, 2.05) is 55.4 Å². The Labute approximate surface area is 228 Å². The van der Waals surface area contributed by atoms with Crippen LogP contribution in [0.4, 0.5) is 4.79 Å². The number of nitrogens with zero attached hydrogens (tertiary/aromatic N) is 3. The molecule has 1 fully saturated rings. The Bertz CT molecular complexity index is 680. The molecule has 0 aliphatic carbocycles. The number of carbonyl (C=O) groups excluding carboxylic acids is 1. The van der Waals surface area contributed by atoms with Crippen molar-refractivity contribution in [2.45, 2.75) is 101 Å². The van der Waals surface area contributed by atoms with Crippen LogP contribution in [0.5, 0.6) is 5.88 Å². The molecule has 1 N–H and O–H groups in total. The van der Waals surface area contributed by atoms with Gasteiger partial charge >= 0.3 is 6.09 Å². The molecule has 3 rings (SSSR count). The molecule has 214 valence electrons. The molecular weight excluding hydrogens is 464 g/mol. The third kappa shape index (κ3) is 18.3. The molecule has 0 bridgehead atoms.